The largest absolute Gasteiger partial charge is 0.326 e. The predicted octanol–water partition coefficient (Wildman–Crippen LogP) is 1.67. The van der Waals surface area contributed by atoms with Gasteiger partial charge in [-0.05, 0) is 38.3 Å². The second kappa shape index (κ2) is 5.10. The Morgan fingerprint density at radius 1 is 1.24 bits per heavy atom. The Labute approximate surface area is 125 Å². The van der Waals surface area contributed by atoms with Gasteiger partial charge in [-0.15, -0.1) is 0 Å². The van der Waals surface area contributed by atoms with Gasteiger partial charge in [-0.25, -0.2) is 8.42 Å². The summed E-state index contributed by atoms with van der Waals surface area (Å²) in [6.45, 7) is 4.59. The zero-order valence-electron chi connectivity index (χ0n) is 12.3. The van der Waals surface area contributed by atoms with Crippen LogP contribution < -0.4 is 5.32 Å². The smallest absolute Gasteiger partial charge is 0.230 e. The second-order valence-electron chi connectivity index (χ2n) is 6.07. The number of anilines is 1. The molecule has 0 atom stereocenters. The van der Waals surface area contributed by atoms with Crippen LogP contribution >= 0.6 is 0 Å². The summed E-state index contributed by atoms with van der Waals surface area (Å²) in [6.07, 6.45) is 1.52. The van der Waals surface area contributed by atoms with E-state index in [4.69, 9.17) is 0 Å². The van der Waals surface area contributed by atoms with Gasteiger partial charge in [0.05, 0.1) is 11.2 Å². The Bertz CT molecular complexity index is 674. The number of benzene rings is 1. The van der Waals surface area contributed by atoms with Gasteiger partial charge in [-0.3, -0.25) is 4.79 Å². The van der Waals surface area contributed by atoms with Crippen LogP contribution in [-0.4, -0.2) is 37.0 Å². The summed E-state index contributed by atoms with van der Waals surface area (Å²) in [5, 5.41) is 2.70. The minimum absolute atomic E-state index is 0.0933. The van der Waals surface area contributed by atoms with Gasteiger partial charge >= 0.3 is 0 Å². The third-order valence-corrected chi connectivity index (χ3v) is 6.50. The van der Waals surface area contributed by atoms with Crippen LogP contribution in [0.4, 0.5) is 5.69 Å². The van der Waals surface area contributed by atoms with Gasteiger partial charge in [0, 0.05) is 18.8 Å². The van der Waals surface area contributed by atoms with E-state index in [1.807, 2.05) is 32.0 Å². The molecular formula is C15H20N2O3S. The van der Waals surface area contributed by atoms with E-state index < -0.39 is 10.0 Å². The van der Waals surface area contributed by atoms with Gasteiger partial charge in [0.2, 0.25) is 15.9 Å². The topological polar surface area (TPSA) is 66.5 Å². The molecule has 1 aromatic rings. The highest BCUT2D eigenvalue weighted by molar-refractivity contribution is 7.90. The van der Waals surface area contributed by atoms with Crippen molar-refractivity contribution in [3.8, 4) is 0 Å². The van der Waals surface area contributed by atoms with Crippen LogP contribution in [0.2, 0.25) is 0 Å². The van der Waals surface area contributed by atoms with E-state index >= 15 is 0 Å². The first-order valence-corrected chi connectivity index (χ1v) is 8.75. The number of nitrogens with zero attached hydrogens (tertiary/aromatic N) is 1. The molecule has 114 valence electrons. The first-order valence-electron chi connectivity index (χ1n) is 7.25. The molecule has 0 aromatic heterocycles. The zero-order valence-corrected chi connectivity index (χ0v) is 13.1. The van der Waals surface area contributed by atoms with Gasteiger partial charge in [-0.1, -0.05) is 17.7 Å². The maximum atomic E-state index is 12.2. The fraction of sp³-hybridized carbons (Fsp3) is 0.533. The van der Waals surface area contributed by atoms with Crippen LogP contribution in [0.15, 0.2) is 18.2 Å². The number of hydrogen-bond acceptors (Lipinski definition) is 3. The molecule has 1 heterocycles. The molecule has 21 heavy (non-hydrogen) atoms. The van der Waals surface area contributed by atoms with Crippen molar-refractivity contribution >= 4 is 21.6 Å². The third kappa shape index (κ3) is 2.82. The van der Waals surface area contributed by atoms with Crippen molar-refractivity contribution in [3.63, 3.8) is 0 Å². The zero-order chi connectivity index (χ0) is 15.2. The average molecular weight is 308 g/mol. The summed E-state index contributed by atoms with van der Waals surface area (Å²) >= 11 is 0. The molecule has 1 saturated heterocycles. The Morgan fingerprint density at radius 2 is 1.90 bits per heavy atom. The van der Waals surface area contributed by atoms with E-state index in [0.717, 1.165) is 29.7 Å². The van der Waals surface area contributed by atoms with E-state index in [0.29, 0.717) is 13.1 Å². The molecular weight excluding hydrogens is 288 g/mol. The predicted molar refractivity (Wildman–Crippen MR) is 81.6 cm³/mol. The van der Waals surface area contributed by atoms with Crippen molar-refractivity contribution in [2.45, 2.75) is 31.9 Å². The lowest BCUT2D eigenvalue weighted by atomic mass is 10.0. The molecule has 6 heteroatoms. The van der Waals surface area contributed by atoms with Crippen LogP contribution in [0, 0.1) is 19.8 Å². The number of hydrogen-bond donors (Lipinski definition) is 1. The maximum Gasteiger partial charge on any atom is 0.230 e. The van der Waals surface area contributed by atoms with E-state index in [2.05, 4.69) is 5.32 Å². The number of carbonyl (C=O) groups excluding carboxylic acids is 1. The van der Waals surface area contributed by atoms with E-state index in [9.17, 15) is 13.2 Å². The SMILES string of the molecule is Cc1ccc(NC(=O)C2CN(S(=O)(=O)C3CC3)C2)c(C)c1. The van der Waals surface area contributed by atoms with Crippen LogP contribution in [-0.2, 0) is 14.8 Å². The van der Waals surface area contributed by atoms with Gasteiger partial charge in [0.1, 0.15) is 0 Å². The molecule has 1 N–H and O–H groups in total. The highest BCUT2D eigenvalue weighted by Gasteiger charge is 2.46. The van der Waals surface area contributed by atoms with Crippen LogP contribution in [0.5, 0.6) is 0 Å². The monoisotopic (exact) mass is 308 g/mol. The van der Waals surface area contributed by atoms with Crippen molar-refractivity contribution in [1.29, 1.82) is 0 Å². The highest BCUT2D eigenvalue weighted by Crippen LogP contribution is 2.34. The Balaban J connectivity index is 1.58. The molecule has 2 fully saturated rings. The molecule has 2 aliphatic rings. The Morgan fingerprint density at radius 3 is 2.48 bits per heavy atom. The molecule has 0 unspecified atom stereocenters. The molecule has 1 saturated carbocycles. The molecule has 1 aliphatic heterocycles. The number of rotatable bonds is 4. The van der Waals surface area contributed by atoms with Crippen LogP contribution in [0.25, 0.3) is 0 Å². The standard InChI is InChI=1S/C15H20N2O3S/c1-10-3-6-14(11(2)7-10)16-15(18)12-8-17(9-12)21(19,20)13-4-5-13/h3,6-7,12-13H,4-5,8-9H2,1-2H3,(H,16,18). The summed E-state index contributed by atoms with van der Waals surface area (Å²) in [5.74, 6) is -0.330. The maximum absolute atomic E-state index is 12.2. The summed E-state index contributed by atoms with van der Waals surface area (Å²) in [4.78, 5) is 12.2. The normalized spacial score (nSPS) is 20.1. The average Bonchev–Trinajstić information content (AvgIpc) is 3.14. The number of nitrogens with one attached hydrogen (secondary N) is 1. The fourth-order valence-electron chi connectivity index (χ4n) is 2.58. The lowest BCUT2D eigenvalue weighted by molar-refractivity contribution is -0.122. The molecule has 3 rings (SSSR count). The summed E-state index contributed by atoms with van der Waals surface area (Å²) in [5.41, 5.74) is 2.97. The lowest BCUT2D eigenvalue weighted by Crippen LogP contribution is -2.55. The summed E-state index contributed by atoms with van der Waals surface area (Å²) in [7, 11) is -3.13. The molecule has 1 aliphatic carbocycles. The van der Waals surface area contributed by atoms with Crippen molar-refractivity contribution in [1.82, 2.24) is 4.31 Å². The van der Waals surface area contributed by atoms with Crippen LogP contribution in [0.1, 0.15) is 24.0 Å². The quantitative estimate of drug-likeness (QED) is 0.920. The molecule has 5 nitrogen and oxygen atoms in total. The van der Waals surface area contributed by atoms with E-state index in [1.165, 1.54) is 4.31 Å². The first-order chi connectivity index (χ1) is 9.88. The summed E-state index contributed by atoms with van der Waals surface area (Å²) < 4.78 is 25.4. The highest BCUT2D eigenvalue weighted by atomic mass is 32.2. The molecule has 0 radical (unpaired) electrons. The van der Waals surface area contributed by atoms with E-state index in [-0.39, 0.29) is 17.1 Å². The van der Waals surface area contributed by atoms with Crippen molar-refractivity contribution < 1.29 is 13.2 Å². The summed E-state index contributed by atoms with van der Waals surface area (Å²) in [6, 6.07) is 5.85. The molecule has 0 spiro atoms. The Hall–Kier alpha value is -1.40. The van der Waals surface area contributed by atoms with E-state index in [1.54, 1.807) is 0 Å². The minimum atomic E-state index is -3.13. The van der Waals surface area contributed by atoms with Crippen molar-refractivity contribution in [2.24, 2.45) is 5.92 Å². The van der Waals surface area contributed by atoms with Crippen molar-refractivity contribution in [2.75, 3.05) is 18.4 Å². The number of sulfonamides is 1. The van der Waals surface area contributed by atoms with Crippen LogP contribution in [0.3, 0.4) is 0 Å². The molecule has 1 amide bonds. The lowest BCUT2D eigenvalue weighted by Gasteiger charge is -2.37. The number of carbonyl (C=O) groups is 1. The number of amides is 1. The minimum Gasteiger partial charge on any atom is -0.326 e. The molecule has 0 bridgehead atoms. The van der Waals surface area contributed by atoms with Gasteiger partial charge in [-0.2, -0.15) is 4.31 Å². The van der Waals surface area contributed by atoms with Gasteiger partial charge < -0.3 is 5.32 Å². The van der Waals surface area contributed by atoms with Crippen molar-refractivity contribution in [3.05, 3.63) is 29.3 Å². The molecule has 1 aromatic carbocycles. The third-order valence-electron chi connectivity index (χ3n) is 4.16. The van der Waals surface area contributed by atoms with Gasteiger partial charge in [0.25, 0.3) is 0 Å². The second-order valence-corrected chi connectivity index (χ2v) is 8.28. The number of aryl methyl sites for hydroxylation is 2. The van der Waals surface area contributed by atoms with Gasteiger partial charge in [0.15, 0.2) is 0 Å². The first kappa shape index (κ1) is 14.5. The Kier molecular flexibility index (Phi) is 3.53. The fourth-order valence-corrected chi connectivity index (χ4v) is 4.51.